The van der Waals surface area contributed by atoms with E-state index < -0.39 is 18.3 Å². The molecule has 2 heterocycles. The van der Waals surface area contributed by atoms with Crippen molar-refractivity contribution in [3.63, 3.8) is 0 Å². The van der Waals surface area contributed by atoms with Crippen LogP contribution < -0.4 is 15.9 Å². The Morgan fingerprint density at radius 1 is 1.12 bits per heavy atom. The molecule has 0 amide bonds. The molecule has 0 saturated carbocycles. The van der Waals surface area contributed by atoms with Crippen LogP contribution in [0.25, 0.3) is 0 Å². The topological polar surface area (TPSA) is 66.6 Å². The minimum Gasteiger partial charge on any atom is -0.482 e. The van der Waals surface area contributed by atoms with Gasteiger partial charge in [0.15, 0.2) is 11.6 Å². The van der Waals surface area contributed by atoms with Gasteiger partial charge in [0.1, 0.15) is 11.9 Å². The zero-order chi connectivity index (χ0) is 19.1. The quantitative estimate of drug-likeness (QED) is 0.850. The summed E-state index contributed by atoms with van der Waals surface area (Å²) in [5.74, 6) is 0.429. The first-order valence-corrected chi connectivity index (χ1v) is 8.62. The Hall–Kier alpha value is -2.12. The Bertz CT molecular complexity index is 780. The zero-order valence-electron chi connectivity index (χ0n) is 15.7. The van der Waals surface area contributed by atoms with E-state index in [1.165, 1.54) is 12.1 Å². The lowest BCUT2D eigenvalue weighted by atomic mass is 9.80. The van der Waals surface area contributed by atoms with Crippen molar-refractivity contribution in [3.05, 3.63) is 47.9 Å². The molecule has 1 fully saturated rings. The van der Waals surface area contributed by atoms with Crippen molar-refractivity contribution >= 4 is 18.4 Å². The number of anilines is 1. The normalized spacial score (nSPS) is 19.4. The smallest absolute Gasteiger partial charge is 0.482 e. The predicted octanol–water partition coefficient (Wildman–Crippen LogP) is 3.24. The number of halogens is 1. The zero-order valence-corrected chi connectivity index (χ0v) is 15.7. The third-order valence-corrected chi connectivity index (χ3v) is 5.07. The van der Waals surface area contributed by atoms with Gasteiger partial charge in [-0.1, -0.05) is 12.1 Å². The Morgan fingerprint density at radius 3 is 2.27 bits per heavy atom. The first kappa shape index (κ1) is 18.7. The molecule has 26 heavy (non-hydrogen) atoms. The molecule has 2 aromatic rings. The highest BCUT2D eigenvalue weighted by atomic mass is 19.1. The second kappa shape index (κ2) is 6.56. The van der Waals surface area contributed by atoms with Gasteiger partial charge >= 0.3 is 7.12 Å². The lowest BCUT2D eigenvalue weighted by molar-refractivity contribution is 0.00578. The average Bonchev–Trinajstić information content (AvgIpc) is 2.78. The molecular weight excluding hydrogens is 334 g/mol. The van der Waals surface area contributed by atoms with E-state index in [-0.39, 0.29) is 17.7 Å². The van der Waals surface area contributed by atoms with Crippen LogP contribution >= 0.6 is 0 Å². The van der Waals surface area contributed by atoms with Gasteiger partial charge in [-0.05, 0) is 58.4 Å². The molecule has 0 spiro atoms. The van der Waals surface area contributed by atoms with E-state index >= 15 is 0 Å². The first-order chi connectivity index (χ1) is 12.1. The molecule has 0 aliphatic carbocycles. The van der Waals surface area contributed by atoms with Crippen LogP contribution in [0.2, 0.25) is 0 Å². The maximum absolute atomic E-state index is 13.1. The number of pyridine rings is 1. The van der Waals surface area contributed by atoms with Crippen LogP contribution in [0.15, 0.2) is 36.5 Å². The van der Waals surface area contributed by atoms with Gasteiger partial charge in [-0.25, -0.2) is 9.37 Å². The van der Waals surface area contributed by atoms with Crippen LogP contribution in [0, 0.1) is 5.82 Å². The maximum Gasteiger partial charge on any atom is 0.496 e. The lowest BCUT2D eigenvalue weighted by Crippen LogP contribution is -2.41. The number of nitrogens with two attached hydrogens (primary N) is 1. The fourth-order valence-electron chi connectivity index (χ4n) is 2.67. The molecule has 1 aromatic heterocycles. The fraction of sp³-hybridized carbons (Fsp3) is 0.421. The van der Waals surface area contributed by atoms with Crippen LogP contribution in [0.4, 0.5) is 10.2 Å². The van der Waals surface area contributed by atoms with Crippen molar-refractivity contribution in [1.29, 1.82) is 0 Å². The van der Waals surface area contributed by atoms with E-state index in [4.69, 9.17) is 19.8 Å². The third-order valence-electron chi connectivity index (χ3n) is 5.07. The highest BCUT2D eigenvalue weighted by Gasteiger charge is 2.52. The van der Waals surface area contributed by atoms with Gasteiger partial charge in [0, 0.05) is 11.7 Å². The van der Waals surface area contributed by atoms with Crippen LogP contribution in [-0.4, -0.2) is 23.3 Å². The van der Waals surface area contributed by atoms with Gasteiger partial charge in [-0.3, -0.25) is 0 Å². The van der Waals surface area contributed by atoms with Gasteiger partial charge < -0.3 is 19.8 Å². The number of nitrogen functional groups attached to an aromatic ring is 1. The summed E-state index contributed by atoms with van der Waals surface area (Å²) in [6, 6.07) is 7.95. The van der Waals surface area contributed by atoms with Crippen molar-refractivity contribution in [2.24, 2.45) is 0 Å². The minimum atomic E-state index is -0.545. The summed E-state index contributed by atoms with van der Waals surface area (Å²) in [7, 11) is -0.545. The molecule has 2 N–H and O–H groups in total. The van der Waals surface area contributed by atoms with Crippen molar-refractivity contribution in [2.45, 2.75) is 51.9 Å². The van der Waals surface area contributed by atoms with Gasteiger partial charge in [0.05, 0.1) is 11.2 Å². The van der Waals surface area contributed by atoms with E-state index in [1.54, 1.807) is 24.4 Å². The number of hydrogen-bond donors (Lipinski definition) is 1. The van der Waals surface area contributed by atoms with Gasteiger partial charge in [0.25, 0.3) is 0 Å². The van der Waals surface area contributed by atoms with E-state index in [2.05, 4.69) is 4.98 Å². The van der Waals surface area contributed by atoms with E-state index in [1.807, 2.05) is 34.6 Å². The molecule has 1 atom stereocenters. The molecule has 0 bridgehead atoms. The molecule has 1 saturated heterocycles. The summed E-state index contributed by atoms with van der Waals surface area (Å²) in [4.78, 5) is 4.21. The SMILES string of the molecule is C[C@@H](Oc1cc(B2OC(C)(C)C(C)(C)O2)cnc1N)c1ccc(F)cc1. The van der Waals surface area contributed by atoms with Crippen LogP contribution in [-0.2, 0) is 9.31 Å². The highest BCUT2D eigenvalue weighted by Crippen LogP contribution is 2.37. The van der Waals surface area contributed by atoms with Crippen molar-refractivity contribution in [3.8, 4) is 5.75 Å². The maximum atomic E-state index is 13.1. The van der Waals surface area contributed by atoms with Crippen LogP contribution in [0.5, 0.6) is 5.75 Å². The molecule has 3 rings (SSSR count). The van der Waals surface area contributed by atoms with Crippen molar-refractivity contribution < 1.29 is 18.4 Å². The Morgan fingerprint density at radius 2 is 1.69 bits per heavy atom. The standard InChI is InChI=1S/C19H24BFN2O3/c1-12(13-6-8-15(21)9-7-13)24-16-10-14(11-23-17(16)22)20-25-18(2,3)19(4,5)26-20/h6-12H,1-5H3,(H2,22,23)/t12-/m1/s1. The average molecular weight is 358 g/mol. The summed E-state index contributed by atoms with van der Waals surface area (Å²) < 4.78 is 31.1. The molecule has 1 aromatic carbocycles. The lowest BCUT2D eigenvalue weighted by Gasteiger charge is -2.32. The van der Waals surface area contributed by atoms with Crippen LogP contribution in [0.3, 0.4) is 0 Å². The Kier molecular flexibility index (Phi) is 4.71. The van der Waals surface area contributed by atoms with E-state index in [9.17, 15) is 4.39 Å². The molecule has 5 nitrogen and oxygen atoms in total. The van der Waals surface area contributed by atoms with E-state index in [0.29, 0.717) is 5.75 Å². The molecular formula is C19H24BFN2O3. The van der Waals surface area contributed by atoms with Crippen molar-refractivity contribution in [2.75, 3.05) is 5.73 Å². The minimum absolute atomic E-state index is 0.277. The molecule has 1 aliphatic heterocycles. The summed E-state index contributed by atoms with van der Waals surface area (Å²) in [6.45, 7) is 9.84. The molecule has 7 heteroatoms. The predicted molar refractivity (Wildman–Crippen MR) is 99.8 cm³/mol. The molecule has 0 unspecified atom stereocenters. The van der Waals surface area contributed by atoms with Gasteiger partial charge in [-0.15, -0.1) is 0 Å². The van der Waals surface area contributed by atoms with E-state index in [0.717, 1.165) is 11.0 Å². The fourth-order valence-corrected chi connectivity index (χ4v) is 2.67. The second-order valence-electron chi connectivity index (χ2n) is 7.55. The summed E-state index contributed by atoms with van der Waals surface area (Å²) in [6.07, 6.45) is 1.32. The van der Waals surface area contributed by atoms with Crippen molar-refractivity contribution in [1.82, 2.24) is 4.98 Å². The first-order valence-electron chi connectivity index (χ1n) is 8.62. The molecule has 0 radical (unpaired) electrons. The Balaban J connectivity index is 1.81. The second-order valence-corrected chi connectivity index (χ2v) is 7.55. The number of aromatic nitrogens is 1. The largest absolute Gasteiger partial charge is 0.496 e. The summed E-state index contributed by atoms with van der Waals surface area (Å²) >= 11 is 0. The number of rotatable bonds is 4. The van der Waals surface area contributed by atoms with Gasteiger partial charge in [0.2, 0.25) is 0 Å². The molecule has 1 aliphatic rings. The number of benzene rings is 1. The highest BCUT2D eigenvalue weighted by molar-refractivity contribution is 6.62. The molecule has 138 valence electrons. The summed E-state index contributed by atoms with van der Waals surface area (Å²) in [5, 5.41) is 0. The Labute approximate surface area is 153 Å². The van der Waals surface area contributed by atoms with Crippen LogP contribution in [0.1, 0.15) is 46.3 Å². The van der Waals surface area contributed by atoms with Gasteiger partial charge in [-0.2, -0.15) is 0 Å². The summed E-state index contributed by atoms with van der Waals surface area (Å²) in [5.41, 5.74) is 6.66. The number of ether oxygens (including phenoxy) is 1. The number of hydrogen-bond acceptors (Lipinski definition) is 5. The number of nitrogens with zero attached hydrogens (tertiary/aromatic N) is 1. The third kappa shape index (κ3) is 3.55. The monoisotopic (exact) mass is 358 g/mol.